The SMILES string of the molecule is NC(=O)CNC(=O)C1=CC(O)C(O)C(OC(C(N)=O)C2OC(n3ccc(=O)[nH]c3=O)C(O)C2O)O1. The standard InChI is InChI=1S/C18H23N5O12/c19-7(25)4-21-15(31)6-3-5(24)9(27)17(33-6)35-13(14(20)30)12-10(28)11(29)16(34-12)23-2-1-8(26)22-18(23)32/h1-3,5,9-13,16-17,24,27-29H,4H2,(H2,19,25)(H2,20,30)(H,21,31)(H,22,26,32). The predicted octanol–water partition coefficient (Wildman–Crippen LogP) is -6.41. The van der Waals surface area contributed by atoms with Crippen molar-refractivity contribution in [3.63, 3.8) is 0 Å². The number of H-pyrrole nitrogens is 1. The van der Waals surface area contributed by atoms with Crippen molar-refractivity contribution < 1.29 is 49.0 Å². The molecule has 0 aromatic carbocycles. The summed E-state index contributed by atoms with van der Waals surface area (Å²) in [5, 5.41) is 43.1. The second-order valence-electron chi connectivity index (χ2n) is 7.60. The topological polar surface area (TPSA) is 279 Å². The highest BCUT2D eigenvalue weighted by atomic mass is 16.7. The molecule has 3 rings (SSSR count). The highest BCUT2D eigenvalue weighted by Crippen LogP contribution is 2.32. The lowest BCUT2D eigenvalue weighted by Gasteiger charge is -2.34. The van der Waals surface area contributed by atoms with Gasteiger partial charge < -0.3 is 51.4 Å². The lowest BCUT2D eigenvalue weighted by Crippen LogP contribution is -2.53. The summed E-state index contributed by atoms with van der Waals surface area (Å²) in [6.45, 7) is -0.570. The number of carbonyl (C=O) groups excluding carboxylic acids is 3. The second-order valence-corrected chi connectivity index (χ2v) is 7.60. The number of nitrogens with two attached hydrogens (primary N) is 2. The normalized spacial score (nSPS) is 31.2. The van der Waals surface area contributed by atoms with Crippen LogP contribution in [-0.4, -0.2) is 97.2 Å². The van der Waals surface area contributed by atoms with E-state index >= 15 is 0 Å². The average molecular weight is 501 g/mol. The molecule has 0 aliphatic carbocycles. The molecule has 2 aliphatic heterocycles. The summed E-state index contributed by atoms with van der Waals surface area (Å²) < 4.78 is 16.7. The van der Waals surface area contributed by atoms with Gasteiger partial charge in [-0.15, -0.1) is 0 Å². The minimum Gasteiger partial charge on any atom is -0.456 e. The van der Waals surface area contributed by atoms with Gasteiger partial charge in [0, 0.05) is 12.3 Å². The Labute approximate surface area is 194 Å². The number of aliphatic hydroxyl groups is 4. The van der Waals surface area contributed by atoms with E-state index in [-0.39, 0.29) is 0 Å². The van der Waals surface area contributed by atoms with Crippen molar-refractivity contribution in [1.82, 2.24) is 14.9 Å². The van der Waals surface area contributed by atoms with E-state index in [9.17, 15) is 44.4 Å². The van der Waals surface area contributed by atoms with Crippen molar-refractivity contribution in [3.8, 4) is 0 Å². The van der Waals surface area contributed by atoms with Crippen LogP contribution in [0.3, 0.4) is 0 Å². The fourth-order valence-corrected chi connectivity index (χ4v) is 3.38. The molecule has 35 heavy (non-hydrogen) atoms. The third-order valence-electron chi connectivity index (χ3n) is 5.10. The number of aliphatic hydroxyl groups excluding tert-OH is 4. The van der Waals surface area contributed by atoms with Gasteiger partial charge in [0.05, 0.1) is 6.54 Å². The van der Waals surface area contributed by atoms with Gasteiger partial charge in [-0.05, 0) is 6.08 Å². The number of nitrogens with one attached hydrogen (secondary N) is 2. The summed E-state index contributed by atoms with van der Waals surface area (Å²) in [5.41, 5.74) is 8.54. The molecule has 3 amide bonds. The molecular formula is C18H23N5O12. The maximum atomic E-state index is 12.1. The number of primary amides is 2. The fourth-order valence-electron chi connectivity index (χ4n) is 3.38. The van der Waals surface area contributed by atoms with Gasteiger partial charge in [0.1, 0.15) is 30.5 Å². The molecule has 0 bridgehead atoms. The average Bonchev–Trinajstić information content (AvgIpc) is 3.06. The lowest BCUT2D eigenvalue weighted by molar-refractivity contribution is -0.240. The molecule has 1 aromatic rings. The molecule has 0 radical (unpaired) electrons. The molecule has 1 saturated heterocycles. The third-order valence-corrected chi connectivity index (χ3v) is 5.10. The molecule has 192 valence electrons. The number of hydrogen-bond donors (Lipinski definition) is 8. The van der Waals surface area contributed by atoms with Crippen LogP contribution in [0.4, 0.5) is 0 Å². The van der Waals surface area contributed by atoms with Crippen LogP contribution in [0.5, 0.6) is 0 Å². The van der Waals surface area contributed by atoms with Crippen molar-refractivity contribution in [2.75, 3.05) is 6.54 Å². The van der Waals surface area contributed by atoms with Crippen molar-refractivity contribution in [2.45, 2.75) is 49.1 Å². The molecule has 1 fully saturated rings. The number of carbonyl (C=O) groups is 3. The van der Waals surface area contributed by atoms with E-state index in [1.807, 2.05) is 4.98 Å². The number of hydrogen-bond acceptors (Lipinski definition) is 12. The van der Waals surface area contributed by atoms with Crippen molar-refractivity contribution >= 4 is 17.7 Å². The van der Waals surface area contributed by atoms with Crippen molar-refractivity contribution in [2.24, 2.45) is 11.5 Å². The molecule has 3 heterocycles. The highest BCUT2D eigenvalue weighted by molar-refractivity contribution is 5.94. The van der Waals surface area contributed by atoms with Gasteiger partial charge in [-0.1, -0.05) is 0 Å². The van der Waals surface area contributed by atoms with E-state index in [0.717, 1.165) is 22.9 Å². The summed E-state index contributed by atoms with van der Waals surface area (Å²) in [5.74, 6) is -3.75. The van der Waals surface area contributed by atoms with Gasteiger partial charge in [0.15, 0.2) is 18.1 Å². The Morgan fingerprint density at radius 3 is 2.43 bits per heavy atom. The Kier molecular flexibility index (Phi) is 7.68. The Morgan fingerprint density at radius 1 is 1.14 bits per heavy atom. The van der Waals surface area contributed by atoms with Crippen LogP contribution in [0.2, 0.25) is 0 Å². The first-order valence-electron chi connectivity index (χ1n) is 9.99. The minimum absolute atomic E-state index is 0.570. The van der Waals surface area contributed by atoms with Crippen LogP contribution in [0.25, 0.3) is 0 Å². The summed E-state index contributed by atoms with van der Waals surface area (Å²) in [6.07, 6.45) is -12.6. The number of aromatic nitrogens is 2. The van der Waals surface area contributed by atoms with Gasteiger partial charge in [-0.25, -0.2) is 4.79 Å². The molecular weight excluding hydrogens is 478 g/mol. The zero-order valence-electron chi connectivity index (χ0n) is 17.7. The minimum atomic E-state index is -1.94. The molecule has 17 nitrogen and oxygen atoms in total. The first-order valence-corrected chi connectivity index (χ1v) is 9.99. The van der Waals surface area contributed by atoms with Gasteiger partial charge in [0.25, 0.3) is 11.5 Å². The molecule has 10 N–H and O–H groups in total. The van der Waals surface area contributed by atoms with Crippen LogP contribution in [0.1, 0.15) is 6.23 Å². The molecule has 2 aliphatic rings. The molecule has 1 aromatic heterocycles. The van der Waals surface area contributed by atoms with E-state index < -0.39 is 90.4 Å². The summed E-state index contributed by atoms with van der Waals surface area (Å²) in [4.78, 5) is 60.3. The predicted molar refractivity (Wildman–Crippen MR) is 108 cm³/mol. The summed E-state index contributed by atoms with van der Waals surface area (Å²) in [7, 11) is 0. The molecule has 17 heteroatoms. The van der Waals surface area contributed by atoms with Crippen molar-refractivity contribution in [1.29, 1.82) is 0 Å². The Bertz CT molecular complexity index is 1130. The number of nitrogens with zero attached hydrogens (tertiary/aromatic N) is 1. The van der Waals surface area contributed by atoms with Crippen LogP contribution >= 0.6 is 0 Å². The van der Waals surface area contributed by atoms with Gasteiger partial charge in [-0.2, -0.15) is 0 Å². The van der Waals surface area contributed by atoms with Crippen molar-refractivity contribution in [3.05, 3.63) is 44.9 Å². The smallest absolute Gasteiger partial charge is 0.330 e. The van der Waals surface area contributed by atoms with Gasteiger partial charge in [-0.3, -0.25) is 28.7 Å². The van der Waals surface area contributed by atoms with Crippen LogP contribution in [0.15, 0.2) is 33.7 Å². The number of ether oxygens (including phenoxy) is 3. The maximum absolute atomic E-state index is 12.1. The van der Waals surface area contributed by atoms with E-state index in [1.54, 1.807) is 0 Å². The monoisotopic (exact) mass is 501 g/mol. The fraction of sp³-hybridized carbons (Fsp3) is 0.500. The van der Waals surface area contributed by atoms with E-state index in [4.69, 9.17) is 25.7 Å². The van der Waals surface area contributed by atoms with Crippen LogP contribution < -0.4 is 28.0 Å². The lowest BCUT2D eigenvalue weighted by atomic mass is 10.0. The first kappa shape index (κ1) is 26.0. The summed E-state index contributed by atoms with van der Waals surface area (Å²) >= 11 is 0. The Balaban J connectivity index is 1.80. The van der Waals surface area contributed by atoms with Crippen LogP contribution in [0, 0.1) is 0 Å². The van der Waals surface area contributed by atoms with E-state index in [0.29, 0.717) is 0 Å². The molecule has 0 spiro atoms. The van der Waals surface area contributed by atoms with Gasteiger partial charge >= 0.3 is 5.69 Å². The first-order chi connectivity index (χ1) is 16.4. The second kappa shape index (κ2) is 10.3. The zero-order valence-corrected chi connectivity index (χ0v) is 17.7. The maximum Gasteiger partial charge on any atom is 0.330 e. The quantitative estimate of drug-likeness (QED) is 0.165. The highest BCUT2D eigenvalue weighted by Gasteiger charge is 2.51. The van der Waals surface area contributed by atoms with E-state index in [1.165, 1.54) is 0 Å². The van der Waals surface area contributed by atoms with E-state index in [2.05, 4.69) is 5.32 Å². The Hall–Kier alpha value is -3.61. The van der Waals surface area contributed by atoms with Gasteiger partial charge in [0.2, 0.25) is 18.1 Å². The number of amides is 3. The molecule has 0 saturated carbocycles. The van der Waals surface area contributed by atoms with Crippen LogP contribution in [-0.2, 0) is 28.6 Å². The molecule has 8 atom stereocenters. The number of aromatic amines is 1. The zero-order chi connectivity index (χ0) is 26.0. The Morgan fingerprint density at radius 2 is 1.83 bits per heavy atom. The summed E-state index contributed by atoms with van der Waals surface area (Å²) in [6, 6.07) is 0.948. The third kappa shape index (κ3) is 5.56. The largest absolute Gasteiger partial charge is 0.456 e. The number of rotatable bonds is 8. The molecule has 8 unspecified atom stereocenters.